The molecule has 1 aliphatic rings. The molecule has 0 saturated heterocycles. The van der Waals surface area contributed by atoms with Gasteiger partial charge in [0.2, 0.25) is 4.77 Å². The molecule has 1 saturated carbocycles. The molecule has 1 unspecified atom stereocenters. The first kappa shape index (κ1) is 36.9. The molecule has 49 heavy (non-hydrogen) atoms. The number of hydrogen-bond acceptors (Lipinski definition) is 8. The van der Waals surface area contributed by atoms with Crippen molar-refractivity contribution in [2.75, 3.05) is 13.6 Å². The van der Waals surface area contributed by atoms with Crippen molar-refractivity contribution in [2.45, 2.75) is 63.5 Å². The van der Waals surface area contributed by atoms with E-state index in [2.05, 4.69) is 31.4 Å². The minimum Gasteiger partial charge on any atom is -0.430 e. The van der Waals surface area contributed by atoms with E-state index in [9.17, 15) is 5.11 Å². The van der Waals surface area contributed by atoms with Crippen LogP contribution >= 0.6 is 58.6 Å². The number of aliphatic imine (C=N–C) groups is 1. The van der Waals surface area contributed by atoms with E-state index in [4.69, 9.17) is 51.8 Å². The zero-order chi connectivity index (χ0) is 35.2. The monoisotopic (exact) mass is 757 g/mol. The minimum atomic E-state index is -1.13. The molecule has 0 spiro atoms. The minimum absolute atomic E-state index is 0.264. The van der Waals surface area contributed by atoms with Crippen LogP contribution in [0.2, 0.25) is 10.0 Å². The number of aromatic nitrogens is 5. The number of hydrogen-bond donors (Lipinski definition) is 2. The second-order valence-corrected chi connectivity index (χ2v) is 14.8. The van der Waals surface area contributed by atoms with E-state index in [0.717, 1.165) is 63.9 Å². The normalized spacial score (nSPS) is 14.6. The number of benzene rings is 3. The van der Waals surface area contributed by atoms with Gasteiger partial charge < -0.3 is 14.7 Å². The summed E-state index contributed by atoms with van der Waals surface area (Å²) >= 11 is 25.1. The molecule has 0 amide bonds. The first-order valence-electron chi connectivity index (χ1n) is 15.7. The SMILES string of the molecule is CCN(C)C=Nc1cc(C)c(Oc2nc(Cc3ccc(Cl)cc3)ns2)cc1C.OC(Cc1ccccc1Cl)(Cn1[nH]cnc1=S)C1(Cl)CC1. The molecule has 2 N–H and O–H groups in total. The van der Waals surface area contributed by atoms with Gasteiger partial charge in [-0.15, -0.1) is 11.6 Å². The molecule has 258 valence electrons. The van der Waals surface area contributed by atoms with E-state index in [0.29, 0.717) is 27.8 Å². The zero-order valence-corrected chi connectivity index (χ0v) is 31.6. The highest BCUT2D eigenvalue weighted by molar-refractivity contribution is 7.71. The number of aliphatic hydroxyl groups is 1. The maximum atomic E-state index is 11.2. The van der Waals surface area contributed by atoms with Gasteiger partial charge in [-0.05, 0) is 98.4 Å². The van der Waals surface area contributed by atoms with Crippen molar-refractivity contribution in [1.29, 1.82) is 0 Å². The number of aryl methyl sites for hydroxylation is 2. The molecule has 3 aromatic carbocycles. The summed E-state index contributed by atoms with van der Waals surface area (Å²) in [6.45, 7) is 7.30. The average Bonchev–Trinajstić information content (AvgIpc) is 3.50. The fourth-order valence-corrected chi connectivity index (χ4v) is 6.32. The van der Waals surface area contributed by atoms with Crippen LogP contribution in [0, 0.1) is 18.6 Å². The molecule has 1 fully saturated rings. The number of H-pyrrole nitrogens is 1. The lowest BCUT2D eigenvalue weighted by Gasteiger charge is -2.33. The van der Waals surface area contributed by atoms with E-state index in [-0.39, 0.29) is 6.54 Å². The Labute approximate surface area is 310 Å². The van der Waals surface area contributed by atoms with Crippen LogP contribution in [-0.4, -0.2) is 64.5 Å². The zero-order valence-electron chi connectivity index (χ0n) is 27.7. The molecule has 14 heteroatoms. The summed E-state index contributed by atoms with van der Waals surface area (Å²) in [5.41, 5.74) is 3.84. The molecule has 2 heterocycles. The van der Waals surface area contributed by atoms with Crippen LogP contribution in [0.15, 0.2) is 72.0 Å². The van der Waals surface area contributed by atoms with Gasteiger partial charge in [-0.25, -0.2) is 9.98 Å². The Balaban J connectivity index is 0.000000199. The van der Waals surface area contributed by atoms with Gasteiger partial charge in [-0.2, -0.15) is 9.36 Å². The molecule has 2 aromatic heterocycles. The predicted octanol–water partition coefficient (Wildman–Crippen LogP) is 9.14. The highest BCUT2D eigenvalue weighted by Gasteiger charge is 2.58. The average molecular weight is 759 g/mol. The number of alkyl halides is 1. The Hall–Kier alpha value is -3.32. The topological polar surface area (TPSA) is 104 Å². The Morgan fingerprint density at radius 1 is 1.14 bits per heavy atom. The number of ether oxygens (including phenoxy) is 1. The van der Waals surface area contributed by atoms with Gasteiger partial charge in [0.25, 0.3) is 5.19 Å². The summed E-state index contributed by atoms with van der Waals surface area (Å²) in [6.07, 6.45) is 5.92. The molecule has 1 aliphatic carbocycles. The molecule has 5 aromatic rings. The van der Waals surface area contributed by atoms with Gasteiger partial charge >= 0.3 is 0 Å². The van der Waals surface area contributed by atoms with Crippen LogP contribution in [0.4, 0.5) is 5.69 Å². The highest BCUT2D eigenvalue weighted by Crippen LogP contribution is 2.53. The summed E-state index contributed by atoms with van der Waals surface area (Å²) < 4.78 is 12.4. The van der Waals surface area contributed by atoms with Gasteiger partial charge in [0.1, 0.15) is 17.7 Å². The Morgan fingerprint density at radius 2 is 1.88 bits per heavy atom. The van der Waals surface area contributed by atoms with Crippen molar-refractivity contribution >= 4 is 70.6 Å². The smallest absolute Gasteiger partial charge is 0.298 e. The van der Waals surface area contributed by atoms with Crippen molar-refractivity contribution in [3.63, 3.8) is 0 Å². The Morgan fingerprint density at radius 3 is 2.53 bits per heavy atom. The van der Waals surface area contributed by atoms with E-state index >= 15 is 0 Å². The molecule has 6 rings (SSSR count). The van der Waals surface area contributed by atoms with E-state index in [1.807, 2.05) is 92.8 Å². The van der Waals surface area contributed by atoms with Crippen molar-refractivity contribution in [3.8, 4) is 10.9 Å². The fourth-order valence-electron chi connectivity index (χ4n) is 5.04. The molecule has 1 atom stereocenters. The number of rotatable bonds is 12. The van der Waals surface area contributed by atoms with Crippen LogP contribution in [-0.2, 0) is 19.4 Å². The van der Waals surface area contributed by atoms with Gasteiger partial charge in [0, 0.05) is 48.0 Å². The lowest BCUT2D eigenvalue weighted by molar-refractivity contribution is 0.00728. The molecular formula is C35H38Cl3N7O2S2. The van der Waals surface area contributed by atoms with Crippen LogP contribution in [0.3, 0.4) is 0 Å². The second kappa shape index (κ2) is 16.1. The van der Waals surface area contributed by atoms with Crippen molar-refractivity contribution in [2.24, 2.45) is 4.99 Å². The molecular weight excluding hydrogens is 721 g/mol. The van der Waals surface area contributed by atoms with Gasteiger partial charge in [0.05, 0.1) is 23.4 Å². The molecule has 0 radical (unpaired) electrons. The second-order valence-electron chi connectivity index (χ2n) is 12.1. The van der Waals surface area contributed by atoms with Crippen LogP contribution in [0.5, 0.6) is 10.9 Å². The van der Waals surface area contributed by atoms with Gasteiger partial charge in [-0.3, -0.25) is 9.78 Å². The van der Waals surface area contributed by atoms with Crippen molar-refractivity contribution < 1.29 is 9.84 Å². The van der Waals surface area contributed by atoms with Crippen LogP contribution < -0.4 is 4.74 Å². The Bertz CT molecular complexity index is 1960. The lowest BCUT2D eigenvalue weighted by atomic mass is 9.89. The van der Waals surface area contributed by atoms with E-state index in [1.54, 1.807) is 4.68 Å². The predicted molar refractivity (Wildman–Crippen MR) is 202 cm³/mol. The lowest BCUT2D eigenvalue weighted by Crippen LogP contribution is -2.47. The quantitative estimate of drug-likeness (QED) is 0.0566. The highest BCUT2D eigenvalue weighted by atomic mass is 35.5. The van der Waals surface area contributed by atoms with E-state index in [1.165, 1.54) is 17.9 Å². The van der Waals surface area contributed by atoms with Crippen molar-refractivity contribution in [1.82, 2.24) is 29.0 Å². The largest absolute Gasteiger partial charge is 0.430 e. The molecule has 0 bridgehead atoms. The third-order valence-corrected chi connectivity index (χ3v) is 10.6. The van der Waals surface area contributed by atoms with Crippen LogP contribution in [0.1, 0.15) is 47.8 Å². The first-order valence-corrected chi connectivity index (χ1v) is 18.0. The molecule has 0 aliphatic heterocycles. The standard InChI is InChI=1S/C21H23ClN4OS.C14H15Cl2N3OS/c1-5-26(4)13-23-18-10-15(3)19(11-14(18)2)27-21-24-20(25-28-21)12-16-6-8-17(22)9-7-16;15-11-4-2-1-3-10(11)7-14(20,13(16)5-6-13)8-19-12(21)17-9-18-19/h6-11,13H,5,12H2,1-4H3;1-4,9,20H,5-8H2,(H,17,18,21). The first-order chi connectivity index (χ1) is 23.4. The fraction of sp³-hybridized carbons (Fsp3) is 0.343. The summed E-state index contributed by atoms with van der Waals surface area (Å²) in [5.74, 6) is 1.51. The van der Waals surface area contributed by atoms with Crippen molar-refractivity contribution in [3.05, 3.63) is 110 Å². The third kappa shape index (κ3) is 9.68. The number of nitrogens with zero attached hydrogens (tertiary/aromatic N) is 6. The van der Waals surface area contributed by atoms with Crippen LogP contribution in [0.25, 0.3) is 0 Å². The van der Waals surface area contributed by atoms with Gasteiger partial charge in [0.15, 0.2) is 5.82 Å². The number of nitrogens with one attached hydrogen (secondary N) is 1. The van der Waals surface area contributed by atoms with E-state index < -0.39 is 10.5 Å². The summed E-state index contributed by atoms with van der Waals surface area (Å²) in [7, 11) is 2.00. The third-order valence-electron chi connectivity index (χ3n) is 8.31. The maximum absolute atomic E-state index is 11.2. The summed E-state index contributed by atoms with van der Waals surface area (Å²) in [5, 5.41) is 16.0. The maximum Gasteiger partial charge on any atom is 0.298 e. The molecule has 9 nitrogen and oxygen atoms in total. The summed E-state index contributed by atoms with van der Waals surface area (Å²) in [6, 6.07) is 19.2. The number of aromatic amines is 1. The number of halogens is 3. The Kier molecular flexibility index (Phi) is 12.2. The van der Waals surface area contributed by atoms with Gasteiger partial charge in [-0.1, -0.05) is 53.5 Å². The summed E-state index contributed by atoms with van der Waals surface area (Å²) in [4.78, 5) is 14.4.